The largest absolute Gasteiger partial charge is 0.451 e. The molecule has 0 aliphatic carbocycles. The van der Waals surface area contributed by atoms with Gasteiger partial charge in [-0.1, -0.05) is 0 Å². The van der Waals surface area contributed by atoms with E-state index in [0.717, 1.165) is 12.2 Å². The van der Waals surface area contributed by atoms with Crippen LogP contribution in [0.25, 0.3) is 11.1 Å². The number of aromatic nitrogens is 3. The van der Waals surface area contributed by atoms with E-state index in [4.69, 9.17) is 4.42 Å². The highest BCUT2D eigenvalue weighted by atomic mass is 16.3. The first-order chi connectivity index (χ1) is 9.17. The molecule has 0 fully saturated rings. The standard InChI is InChI=1S/C14H13N3O2/c1-3-17-8-10(7-15-17)14(18)13-6-11-12(19-13)5-4-9(2)16-11/h4-8H,3H2,1-2H3. The predicted molar refractivity (Wildman–Crippen MR) is 70.1 cm³/mol. The van der Waals surface area contributed by atoms with Crippen molar-refractivity contribution >= 4 is 16.9 Å². The fourth-order valence-corrected chi connectivity index (χ4v) is 1.93. The molecule has 96 valence electrons. The summed E-state index contributed by atoms with van der Waals surface area (Å²) in [4.78, 5) is 16.6. The highest BCUT2D eigenvalue weighted by Gasteiger charge is 2.16. The molecule has 0 radical (unpaired) electrons. The normalized spacial score (nSPS) is 11.1. The minimum Gasteiger partial charge on any atom is -0.451 e. The van der Waals surface area contributed by atoms with Crippen LogP contribution in [0.1, 0.15) is 28.7 Å². The van der Waals surface area contributed by atoms with Gasteiger partial charge in [0.05, 0.1) is 11.8 Å². The van der Waals surface area contributed by atoms with Crippen LogP contribution in [0.4, 0.5) is 0 Å². The number of hydrogen-bond acceptors (Lipinski definition) is 4. The van der Waals surface area contributed by atoms with Gasteiger partial charge in [-0.25, -0.2) is 4.98 Å². The van der Waals surface area contributed by atoms with Crippen LogP contribution < -0.4 is 0 Å². The van der Waals surface area contributed by atoms with Crippen molar-refractivity contribution in [2.45, 2.75) is 20.4 Å². The van der Waals surface area contributed by atoms with E-state index >= 15 is 0 Å². The molecule has 3 aromatic heterocycles. The molecule has 0 atom stereocenters. The molecule has 5 nitrogen and oxygen atoms in total. The molecule has 0 aliphatic heterocycles. The number of ketones is 1. The van der Waals surface area contributed by atoms with E-state index in [-0.39, 0.29) is 5.78 Å². The third kappa shape index (κ3) is 2.03. The Morgan fingerprint density at radius 3 is 3.00 bits per heavy atom. The molecule has 0 saturated carbocycles. The SMILES string of the molecule is CCn1cc(C(=O)c2cc3nc(C)ccc3o2)cn1. The second kappa shape index (κ2) is 4.35. The summed E-state index contributed by atoms with van der Waals surface area (Å²) in [5.74, 6) is 0.124. The molecule has 0 spiro atoms. The van der Waals surface area contributed by atoms with E-state index in [1.54, 1.807) is 23.1 Å². The molecule has 3 rings (SSSR count). The first-order valence-corrected chi connectivity index (χ1v) is 6.11. The van der Waals surface area contributed by atoms with E-state index < -0.39 is 0 Å². The third-order valence-corrected chi connectivity index (χ3v) is 2.96. The summed E-state index contributed by atoms with van der Waals surface area (Å²) in [6, 6.07) is 5.35. The molecule has 5 heteroatoms. The quantitative estimate of drug-likeness (QED) is 0.675. The van der Waals surface area contributed by atoms with Crippen LogP contribution in [0, 0.1) is 6.92 Å². The molecule has 0 unspecified atom stereocenters. The van der Waals surface area contributed by atoms with Crippen LogP contribution in [0.3, 0.4) is 0 Å². The zero-order valence-corrected chi connectivity index (χ0v) is 10.8. The first kappa shape index (κ1) is 11.6. The maximum absolute atomic E-state index is 12.3. The molecule has 0 aromatic carbocycles. The Balaban J connectivity index is 2.01. The van der Waals surface area contributed by atoms with E-state index in [1.165, 1.54) is 0 Å². The van der Waals surface area contributed by atoms with Crippen molar-refractivity contribution in [2.75, 3.05) is 0 Å². The number of fused-ring (bicyclic) bond motifs is 1. The lowest BCUT2D eigenvalue weighted by Crippen LogP contribution is -1.98. The van der Waals surface area contributed by atoms with Gasteiger partial charge >= 0.3 is 0 Å². The Bertz CT molecular complexity index is 755. The lowest BCUT2D eigenvalue weighted by atomic mass is 10.2. The van der Waals surface area contributed by atoms with Crippen LogP contribution in [0.2, 0.25) is 0 Å². The van der Waals surface area contributed by atoms with Gasteiger partial charge in [0, 0.05) is 24.5 Å². The summed E-state index contributed by atoms with van der Waals surface area (Å²) < 4.78 is 7.24. The number of carbonyl (C=O) groups is 1. The average molecular weight is 255 g/mol. The molecule has 0 saturated heterocycles. The summed E-state index contributed by atoms with van der Waals surface area (Å²) >= 11 is 0. The first-order valence-electron chi connectivity index (χ1n) is 6.11. The number of carbonyl (C=O) groups excluding carboxylic acids is 1. The van der Waals surface area contributed by atoms with Crippen LogP contribution in [0.5, 0.6) is 0 Å². The minimum atomic E-state index is -0.171. The number of furan rings is 1. The van der Waals surface area contributed by atoms with E-state index in [2.05, 4.69) is 10.1 Å². The van der Waals surface area contributed by atoms with E-state index in [9.17, 15) is 4.79 Å². The van der Waals surface area contributed by atoms with Gasteiger partial charge in [-0.15, -0.1) is 0 Å². The molecule has 0 N–H and O–H groups in total. The number of hydrogen-bond donors (Lipinski definition) is 0. The topological polar surface area (TPSA) is 60.9 Å². The van der Waals surface area contributed by atoms with Crippen LogP contribution in [-0.4, -0.2) is 20.5 Å². The van der Waals surface area contributed by atoms with Gasteiger partial charge < -0.3 is 4.42 Å². The van der Waals surface area contributed by atoms with Crippen LogP contribution in [0.15, 0.2) is 35.0 Å². The summed E-state index contributed by atoms with van der Waals surface area (Å²) in [5.41, 5.74) is 2.74. The summed E-state index contributed by atoms with van der Waals surface area (Å²) in [7, 11) is 0. The Morgan fingerprint density at radius 2 is 2.26 bits per heavy atom. The van der Waals surface area contributed by atoms with Crippen molar-refractivity contribution in [1.29, 1.82) is 0 Å². The number of rotatable bonds is 3. The fraction of sp³-hybridized carbons (Fsp3) is 0.214. The zero-order valence-electron chi connectivity index (χ0n) is 10.8. The van der Waals surface area contributed by atoms with Crippen LogP contribution >= 0.6 is 0 Å². The number of aryl methyl sites for hydroxylation is 2. The molecule has 0 bridgehead atoms. The minimum absolute atomic E-state index is 0.171. The van der Waals surface area contributed by atoms with Crippen molar-refractivity contribution in [3.8, 4) is 0 Å². The monoisotopic (exact) mass is 255 g/mol. The Kier molecular flexibility index (Phi) is 2.67. The van der Waals surface area contributed by atoms with Crippen LogP contribution in [-0.2, 0) is 6.54 Å². The predicted octanol–water partition coefficient (Wildman–Crippen LogP) is 2.58. The van der Waals surface area contributed by atoms with Gasteiger partial charge in [0.25, 0.3) is 0 Å². The molecule has 19 heavy (non-hydrogen) atoms. The lowest BCUT2D eigenvalue weighted by molar-refractivity contribution is 0.101. The highest BCUT2D eigenvalue weighted by molar-refractivity contribution is 6.08. The van der Waals surface area contributed by atoms with Crippen molar-refractivity contribution in [3.05, 3.63) is 47.6 Å². The van der Waals surface area contributed by atoms with E-state index in [1.807, 2.05) is 26.0 Å². The maximum Gasteiger partial charge on any atom is 0.231 e. The second-order valence-electron chi connectivity index (χ2n) is 4.36. The summed E-state index contributed by atoms with van der Waals surface area (Å²) in [6.45, 7) is 4.60. The Hall–Kier alpha value is -2.43. The molecule has 0 aliphatic rings. The van der Waals surface area contributed by atoms with Gasteiger partial charge in [-0.2, -0.15) is 5.10 Å². The van der Waals surface area contributed by atoms with Gasteiger partial charge in [0.2, 0.25) is 5.78 Å². The summed E-state index contributed by atoms with van der Waals surface area (Å²) in [5, 5.41) is 4.09. The van der Waals surface area contributed by atoms with Gasteiger partial charge in [-0.05, 0) is 26.0 Å². The molecule has 0 amide bonds. The van der Waals surface area contributed by atoms with E-state index in [0.29, 0.717) is 22.4 Å². The number of pyridine rings is 1. The molecule has 3 aromatic rings. The van der Waals surface area contributed by atoms with Gasteiger partial charge in [0.15, 0.2) is 11.3 Å². The Morgan fingerprint density at radius 1 is 1.42 bits per heavy atom. The zero-order chi connectivity index (χ0) is 13.4. The molecular formula is C14H13N3O2. The van der Waals surface area contributed by atoms with Gasteiger partial charge in [-0.3, -0.25) is 9.48 Å². The fourth-order valence-electron chi connectivity index (χ4n) is 1.93. The molecule has 3 heterocycles. The van der Waals surface area contributed by atoms with Crippen molar-refractivity contribution in [2.24, 2.45) is 0 Å². The van der Waals surface area contributed by atoms with Gasteiger partial charge in [0.1, 0.15) is 5.52 Å². The van der Waals surface area contributed by atoms with Crippen molar-refractivity contribution in [1.82, 2.24) is 14.8 Å². The average Bonchev–Trinajstić information content (AvgIpc) is 3.03. The smallest absolute Gasteiger partial charge is 0.231 e. The highest BCUT2D eigenvalue weighted by Crippen LogP contribution is 2.20. The maximum atomic E-state index is 12.3. The van der Waals surface area contributed by atoms with Crippen molar-refractivity contribution in [3.63, 3.8) is 0 Å². The molecular weight excluding hydrogens is 242 g/mol. The van der Waals surface area contributed by atoms with Crippen molar-refractivity contribution < 1.29 is 9.21 Å². The Labute approximate surface area is 109 Å². The summed E-state index contributed by atoms with van der Waals surface area (Å²) in [6.07, 6.45) is 3.27. The second-order valence-corrected chi connectivity index (χ2v) is 4.36. The third-order valence-electron chi connectivity index (χ3n) is 2.96. The lowest BCUT2D eigenvalue weighted by Gasteiger charge is -1.92. The number of nitrogens with zero attached hydrogens (tertiary/aromatic N) is 3.